The zero-order valence-corrected chi connectivity index (χ0v) is 33.8. The summed E-state index contributed by atoms with van der Waals surface area (Å²) in [5.74, 6) is 2.08. The molecule has 13 rings (SSSR count). The molecule has 7 heteroatoms. The Balaban J connectivity index is 1.03. The fourth-order valence-corrected chi connectivity index (χ4v) is 10.0. The van der Waals surface area contributed by atoms with E-state index in [1.807, 2.05) is 170 Å². The van der Waals surface area contributed by atoms with E-state index in [-0.39, 0.29) is 6.67 Å². The van der Waals surface area contributed by atoms with Crippen molar-refractivity contribution in [3.63, 3.8) is 0 Å². The first-order valence-corrected chi connectivity index (χ1v) is 21.0. The summed E-state index contributed by atoms with van der Waals surface area (Å²) >= 11 is 0. The van der Waals surface area contributed by atoms with E-state index in [0.717, 1.165) is 77.4 Å². The molecule has 0 saturated carbocycles. The van der Waals surface area contributed by atoms with Gasteiger partial charge < -0.3 is 23.7 Å². The summed E-state index contributed by atoms with van der Waals surface area (Å²) < 4.78 is 66.8. The van der Waals surface area contributed by atoms with E-state index in [2.05, 4.69) is 32.6 Å². The molecular formula is C56H40N6O. The Hall–Kier alpha value is -8.29. The van der Waals surface area contributed by atoms with Gasteiger partial charge in [-0.3, -0.25) is 4.57 Å². The number of rotatable bonds is 6. The summed E-state index contributed by atoms with van der Waals surface area (Å²) in [5.41, 5.74) is 8.48. The van der Waals surface area contributed by atoms with Crippen molar-refractivity contribution in [2.45, 2.75) is 0 Å². The van der Waals surface area contributed by atoms with Crippen molar-refractivity contribution in [2.75, 3.05) is 16.5 Å². The summed E-state index contributed by atoms with van der Waals surface area (Å²) in [6.45, 7) is -5.10. The highest BCUT2D eigenvalue weighted by Crippen LogP contribution is 2.54. The van der Waals surface area contributed by atoms with Crippen LogP contribution in [0.4, 0.5) is 22.7 Å². The third kappa shape index (κ3) is 5.17. The highest BCUT2D eigenvalue weighted by Gasteiger charge is 2.34. The van der Waals surface area contributed by atoms with Crippen molar-refractivity contribution in [3.8, 4) is 28.4 Å². The standard InChI is InChI=1S/C56H40N6O/c1-58-44-24-9-7-22-42(44)52-51(36-17-4-3-5-18-36)53-43-23-8-10-25-45(43)59(2)55(53)56(54(52)58)61-35-60(47-27-12-13-28-48(47)61)37-19-16-20-38(33-37)63-39-30-31-41-40-21-6-11-26-46(40)62(49(41)34-39)50-29-14-15-32-57-50/h3-34H,35H2,1-2H3/i1D3,2D3. The van der Waals surface area contributed by atoms with Crippen molar-refractivity contribution < 1.29 is 13.0 Å². The van der Waals surface area contributed by atoms with Crippen molar-refractivity contribution in [1.29, 1.82) is 0 Å². The third-order valence-corrected chi connectivity index (χ3v) is 12.7. The van der Waals surface area contributed by atoms with E-state index >= 15 is 0 Å². The van der Waals surface area contributed by atoms with Crippen LogP contribution in [-0.4, -0.2) is 25.4 Å². The number of para-hydroxylation sites is 5. The maximum atomic E-state index is 9.18. The first kappa shape index (κ1) is 29.9. The van der Waals surface area contributed by atoms with Gasteiger partial charge in [0.05, 0.1) is 39.1 Å². The number of aromatic nitrogens is 4. The van der Waals surface area contributed by atoms with E-state index < -0.39 is 14.0 Å². The second kappa shape index (κ2) is 13.6. The minimum absolute atomic E-state index is 0.221. The molecule has 1 aliphatic heterocycles. The van der Waals surface area contributed by atoms with E-state index in [0.29, 0.717) is 39.3 Å². The van der Waals surface area contributed by atoms with Crippen LogP contribution in [0.3, 0.4) is 0 Å². The Bertz CT molecular complexity index is 3910. The molecule has 5 heterocycles. The van der Waals surface area contributed by atoms with Gasteiger partial charge in [0, 0.05) is 95.1 Å². The van der Waals surface area contributed by atoms with Gasteiger partial charge in [0.15, 0.2) is 0 Å². The van der Waals surface area contributed by atoms with Crippen LogP contribution in [0.5, 0.6) is 11.5 Å². The van der Waals surface area contributed by atoms with Gasteiger partial charge in [-0.25, -0.2) is 4.98 Å². The first-order valence-electron chi connectivity index (χ1n) is 24.0. The lowest BCUT2D eigenvalue weighted by Crippen LogP contribution is -2.25. The molecule has 300 valence electrons. The number of hydrogen-bond donors (Lipinski definition) is 0. The molecule has 0 saturated heterocycles. The van der Waals surface area contributed by atoms with Crippen LogP contribution >= 0.6 is 0 Å². The number of ether oxygens (including phenoxy) is 1. The first-order chi connectivity index (χ1) is 33.5. The van der Waals surface area contributed by atoms with Crippen LogP contribution in [0.15, 0.2) is 194 Å². The van der Waals surface area contributed by atoms with Crippen LogP contribution in [0, 0.1) is 0 Å². The fraction of sp³-hybridized carbons (Fsp3) is 0.0536. The molecule has 0 aliphatic carbocycles. The lowest BCUT2D eigenvalue weighted by atomic mass is 9.93. The molecule has 0 fully saturated rings. The largest absolute Gasteiger partial charge is 0.457 e. The molecule has 12 aromatic rings. The van der Waals surface area contributed by atoms with Crippen molar-refractivity contribution in [2.24, 2.45) is 14.0 Å². The summed E-state index contributed by atoms with van der Waals surface area (Å²) in [4.78, 5) is 8.95. The van der Waals surface area contributed by atoms with Crippen molar-refractivity contribution >= 4 is 88.2 Å². The molecule has 0 bridgehead atoms. The van der Waals surface area contributed by atoms with Gasteiger partial charge in [-0.2, -0.15) is 0 Å². The maximum Gasteiger partial charge on any atom is 0.137 e. The molecule has 0 spiro atoms. The van der Waals surface area contributed by atoms with Gasteiger partial charge in [-0.1, -0.05) is 109 Å². The quantitative estimate of drug-likeness (QED) is 0.168. The molecule has 0 atom stereocenters. The smallest absolute Gasteiger partial charge is 0.137 e. The molecule has 0 radical (unpaired) electrons. The molecule has 63 heavy (non-hydrogen) atoms. The number of hydrogen-bond acceptors (Lipinski definition) is 4. The molecule has 0 unspecified atom stereocenters. The Morgan fingerprint density at radius 3 is 1.79 bits per heavy atom. The van der Waals surface area contributed by atoms with Crippen LogP contribution in [0.1, 0.15) is 8.22 Å². The van der Waals surface area contributed by atoms with E-state index in [1.165, 1.54) is 9.13 Å². The van der Waals surface area contributed by atoms with E-state index in [1.54, 1.807) is 6.20 Å². The molecule has 8 aromatic carbocycles. The average molecular weight is 819 g/mol. The molecule has 1 aliphatic rings. The zero-order chi connectivity index (χ0) is 46.8. The predicted molar refractivity (Wildman–Crippen MR) is 261 cm³/mol. The van der Waals surface area contributed by atoms with E-state index in [4.69, 9.17) is 9.72 Å². The highest BCUT2D eigenvalue weighted by atomic mass is 16.5. The van der Waals surface area contributed by atoms with Crippen LogP contribution in [0.2, 0.25) is 0 Å². The van der Waals surface area contributed by atoms with Gasteiger partial charge in [-0.05, 0) is 72.3 Å². The topological polar surface area (TPSA) is 43.4 Å². The highest BCUT2D eigenvalue weighted by molar-refractivity contribution is 6.33. The number of anilines is 4. The Morgan fingerprint density at radius 1 is 0.492 bits per heavy atom. The van der Waals surface area contributed by atoms with Crippen molar-refractivity contribution in [3.05, 3.63) is 194 Å². The lowest BCUT2D eigenvalue weighted by Gasteiger charge is -2.26. The van der Waals surface area contributed by atoms with Gasteiger partial charge in [0.1, 0.15) is 24.0 Å². The van der Waals surface area contributed by atoms with Gasteiger partial charge in [-0.15, -0.1) is 0 Å². The maximum absolute atomic E-state index is 9.18. The summed E-state index contributed by atoms with van der Waals surface area (Å²) in [5, 5.41) is 5.17. The minimum Gasteiger partial charge on any atom is -0.457 e. The molecule has 0 amide bonds. The summed E-state index contributed by atoms with van der Waals surface area (Å²) in [6, 6.07) is 61.3. The lowest BCUT2D eigenvalue weighted by molar-refractivity contribution is 0.483. The summed E-state index contributed by atoms with van der Waals surface area (Å²) in [7, 11) is 0. The molecular weight excluding hydrogens is 773 g/mol. The van der Waals surface area contributed by atoms with E-state index in [9.17, 15) is 8.22 Å². The average Bonchev–Trinajstić information content (AvgIpc) is 4.11. The molecule has 4 aromatic heterocycles. The van der Waals surface area contributed by atoms with Crippen molar-refractivity contribution in [1.82, 2.24) is 18.7 Å². The zero-order valence-electron chi connectivity index (χ0n) is 39.8. The Labute approximate surface area is 371 Å². The van der Waals surface area contributed by atoms with Gasteiger partial charge in [0.25, 0.3) is 0 Å². The minimum atomic E-state index is -2.66. The second-order valence-corrected chi connectivity index (χ2v) is 16.0. The predicted octanol–water partition coefficient (Wildman–Crippen LogP) is 14.2. The van der Waals surface area contributed by atoms with Crippen LogP contribution in [0.25, 0.3) is 82.4 Å². The number of aryl methyl sites for hydroxylation is 2. The van der Waals surface area contributed by atoms with Gasteiger partial charge in [0.2, 0.25) is 0 Å². The number of fused-ring (bicyclic) bond motifs is 10. The molecule has 7 nitrogen and oxygen atoms in total. The number of nitrogens with zero attached hydrogens (tertiary/aromatic N) is 6. The summed E-state index contributed by atoms with van der Waals surface area (Å²) in [6.07, 6.45) is 1.80. The van der Waals surface area contributed by atoms with Crippen LogP contribution < -0.4 is 14.5 Å². The van der Waals surface area contributed by atoms with Gasteiger partial charge >= 0.3 is 0 Å². The monoisotopic (exact) mass is 818 g/mol. The number of benzene rings is 8. The molecule has 0 N–H and O–H groups in total. The number of pyridine rings is 1. The Morgan fingerprint density at radius 2 is 1.10 bits per heavy atom. The normalized spacial score (nSPS) is 14.6. The van der Waals surface area contributed by atoms with Crippen LogP contribution in [-0.2, 0) is 14.0 Å². The SMILES string of the molecule is [2H]C([2H])([2H])n1c2ccccc2c2c(-c3ccccc3)c3c4ccccc4n(C([2H])([2H])[2H])c3c(N3CN(c4cccc(Oc5ccc6c7ccccc7n(-c7ccccn7)c6c5)c4)c4ccccc43)c21. The second-order valence-electron chi connectivity index (χ2n) is 16.0. The fourth-order valence-electron chi connectivity index (χ4n) is 10.0. The third-order valence-electron chi connectivity index (χ3n) is 12.7. The Kier molecular flexibility index (Phi) is 6.45.